The molecular formula is C16H17N3. The van der Waals surface area contributed by atoms with Gasteiger partial charge in [-0.25, -0.2) is 4.98 Å². The van der Waals surface area contributed by atoms with E-state index in [0.29, 0.717) is 5.82 Å². The summed E-state index contributed by atoms with van der Waals surface area (Å²) < 4.78 is 1.93. The SMILES string of the molecule is CCc1ccc(-c2nc3cc(C)ccn3c2N)cc1. The van der Waals surface area contributed by atoms with Gasteiger partial charge >= 0.3 is 0 Å². The van der Waals surface area contributed by atoms with Gasteiger partial charge in [0.25, 0.3) is 0 Å². The molecule has 0 aliphatic rings. The number of benzene rings is 1. The van der Waals surface area contributed by atoms with Crippen LogP contribution in [-0.2, 0) is 6.42 Å². The zero-order valence-electron chi connectivity index (χ0n) is 11.2. The molecule has 0 amide bonds. The molecule has 0 bridgehead atoms. The van der Waals surface area contributed by atoms with Gasteiger partial charge in [-0.2, -0.15) is 0 Å². The number of anilines is 1. The van der Waals surface area contributed by atoms with Gasteiger partial charge in [0.05, 0.1) is 0 Å². The van der Waals surface area contributed by atoms with Crippen LogP contribution < -0.4 is 5.73 Å². The molecule has 2 heterocycles. The van der Waals surface area contributed by atoms with Crippen LogP contribution in [0.4, 0.5) is 5.82 Å². The summed E-state index contributed by atoms with van der Waals surface area (Å²) in [6, 6.07) is 12.5. The van der Waals surface area contributed by atoms with Crippen LogP contribution in [-0.4, -0.2) is 9.38 Å². The molecule has 0 radical (unpaired) electrons. The van der Waals surface area contributed by atoms with Crippen molar-refractivity contribution in [3.05, 3.63) is 53.7 Å². The highest BCUT2D eigenvalue weighted by molar-refractivity contribution is 5.75. The Morgan fingerprint density at radius 3 is 2.58 bits per heavy atom. The standard InChI is InChI=1S/C16H17N3/c1-3-12-4-6-13(7-5-12)15-16(17)19-9-8-11(2)10-14(19)18-15/h4-10H,3,17H2,1-2H3. The number of hydrogen-bond donors (Lipinski definition) is 1. The summed E-state index contributed by atoms with van der Waals surface area (Å²) in [6.07, 6.45) is 3.01. The summed E-state index contributed by atoms with van der Waals surface area (Å²) in [7, 11) is 0. The van der Waals surface area contributed by atoms with E-state index < -0.39 is 0 Å². The second-order valence-electron chi connectivity index (χ2n) is 4.83. The number of fused-ring (bicyclic) bond motifs is 1. The van der Waals surface area contributed by atoms with E-state index in [-0.39, 0.29) is 0 Å². The van der Waals surface area contributed by atoms with Crippen LogP contribution in [0.1, 0.15) is 18.1 Å². The highest BCUT2D eigenvalue weighted by Crippen LogP contribution is 2.26. The fraction of sp³-hybridized carbons (Fsp3) is 0.188. The van der Waals surface area contributed by atoms with Crippen molar-refractivity contribution in [1.29, 1.82) is 0 Å². The maximum Gasteiger partial charge on any atom is 0.139 e. The molecule has 3 rings (SSSR count). The van der Waals surface area contributed by atoms with Crippen molar-refractivity contribution in [1.82, 2.24) is 9.38 Å². The Labute approximate surface area is 112 Å². The van der Waals surface area contributed by atoms with Crippen molar-refractivity contribution >= 4 is 11.5 Å². The maximum atomic E-state index is 6.19. The third-order valence-corrected chi connectivity index (χ3v) is 3.45. The van der Waals surface area contributed by atoms with E-state index in [1.54, 1.807) is 0 Å². The first-order chi connectivity index (χ1) is 9.19. The van der Waals surface area contributed by atoms with E-state index in [2.05, 4.69) is 43.1 Å². The second kappa shape index (κ2) is 4.43. The zero-order valence-corrected chi connectivity index (χ0v) is 11.2. The molecule has 0 unspecified atom stereocenters. The van der Waals surface area contributed by atoms with Crippen LogP contribution in [0.3, 0.4) is 0 Å². The number of pyridine rings is 1. The zero-order chi connectivity index (χ0) is 13.4. The van der Waals surface area contributed by atoms with Crippen molar-refractivity contribution in [3.8, 4) is 11.3 Å². The van der Waals surface area contributed by atoms with Crippen LogP contribution in [0.5, 0.6) is 0 Å². The molecule has 3 nitrogen and oxygen atoms in total. The summed E-state index contributed by atoms with van der Waals surface area (Å²) in [5, 5.41) is 0. The highest BCUT2D eigenvalue weighted by atomic mass is 15.1. The van der Waals surface area contributed by atoms with E-state index in [0.717, 1.165) is 23.3 Å². The lowest BCUT2D eigenvalue weighted by Gasteiger charge is -2.01. The molecule has 96 valence electrons. The number of nitrogen functional groups attached to an aromatic ring is 1. The van der Waals surface area contributed by atoms with Crippen LogP contribution in [0.15, 0.2) is 42.6 Å². The van der Waals surface area contributed by atoms with E-state index >= 15 is 0 Å². The Morgan fingerprint density at radius 2 is 1.89 bits per heavy atom. The summed E-state index contributed by atoms with van der Waals surface area (Å²) in [5.41, 5.74) is 11.5. The van der Waals surface area contributed by atoms with Crippen molar-refractivity contribution in [2.75, 3.05) is 5.73 Å². The number of imidazole rings is 1. The lowest BCUT2D eigenvalue weighted by Crippen LogP contribution is -1.94. The Kier molecular flexibility index (Phi) is 2.75. The van der Waals surface area contributed by atoms with Gasteiger partial charge in [-0.1, -0.05) is 31.2 Å². The Balaban J connectivity index is 2.15. The molecule has 0 atom stereocenters. The second-order valence-corrected chi connectivity index (χ2v) is 4.83. The number of aromatic nitrogens is 2. The molecular weight excluding hydrogens is 234 g/mol. The predicted octanol–water partition coefficient (Wildman–Crippen LogP) is 3.45. The number of aryl methyl sites for hydroxylation is 2. The molecule has 0 spiro atoms. The summed E-state index contributed by atoms with van der Waals surface area (Å²) in [6.45, 7) is 4.21. The molecule has 0 saturated carbocycles. The van der Waals surface area contributed by atoms with Crippen LogP contribution in [0, 0.1) is 6.92 Å². The molecule has 0 aliphatic heterocycles. The van der Waals surface area contributed by atoms with Gasteiger partial charge in [-0.05, 0) is 36.6 Å². The average Bonchev–Trinajstić information content (AvgIpc) is 2.75. The van der Waals surface area contributed by atoms with Gasteiger partial charge in [0.1, 0.15) is 17.2 Å². The van der Waals surface area contributed by atoms with Crippen molar-refractivity contribution in [2.24, 2.45) is 0 Å². The van der Waals surface area contributed by atoms with Crippen LogP contribution in [0.2, 0.25) is 0 Å². The Hall–Kier alpha value is -2.29. The molecule has 2 aromatic heterocycles. The van der Waals surface area contributed by atoms with Gasteiger partial charge in [0.15, 0.2) is 0 Å². The van der Waals surface area contributed by atoms with Crippen LogP contribution in [0.25, 0.3) is 16.9 Å². The van der Waals surface area contributed by atoms with Crippen molar-refractivity contribution in [2.45, 2.75) is 20.3 Å². The topological polar surface area (TPSA) is 43.3 Å². The molecule has 1 aromatic carbocycles. The fourth-order valence-electron chi connectivity index (χ4n) is 2.28. The molecule has 3 aromatic rings. The smallest absolute Gasteiger partial charge is 0.139 e. The van der Waals surface area contributed by atoms with Crippen molar-refractivity contribution in [3.63, 3.8) is 0 Å². The minimum atomic E-state index is 0.694. The largest absolute Gasteiger partial charge is 0.383 e. The molecule has 3 heteroatoms. The molecule has 2 N–H and O–H groups in total. The molecule has 0 aliphatic carbocycles. The summed E-state index contributed by atoms with van der Waals surface area (Å²) in [5.74, 6) is 0.694. The van der Waals surface area contributed by atoms with Gasteiger partial charge in [0.2, 0.25) is 0 Å². The van der Waals surface area contributed by atoms with Gasteiger partial charge < -0.3 is 5.73 Å². The first-order valence-electron chi connectivity index (χ1n) is 6.52. The van der Waals surface area contributed by atoms with E-state index in [9.17, 15) is 0 Å². The van der Waals surface area contributed by atoms with E-state index in [4.69, 9.17) is 5.73 Å². The first kappa shape index (κ1) is 11.8. The normalized spacial score (nSPS) is 11.1. The molecule has 19 heavy (non-hydrogen) atoms. The summed E-state index contributed by atoms with van der Waals surface area (Å²) in [4.78, 5) is 4.64. The van der Waals surface area contributed by atoms with Crippen LogP contribution >= 0.6 is 0 Å². The van der Waals surface area contributed by atoms with Gasteiger partial charge in [0, 0.05) is 11.8 Å². The number of rotatable bonds is 2. The average molecular weight is 251 g/mol. The minimum Gasteiger partial charge on any atom is -0.383 e. The Morgan fingerprint density at radius 1 is 1.16 bits per heavy atom. The number of nitrogens with zero attached hydrogens (tertiary/aromatic N) is 2. The van der Waals surface area contributed by atoms with Gasteiger partial charge in [-0.3, -0.25) is 4.40 Å². The number of nitrogens with two attached hydrogens (primary N) is 1. The van der Waals surface area contributed by atoms with E-state index in [1.807, 2.05) is 22.7 Å². The summed E-state index contributed by atoms with van der Waals surface area (Å²) >= 11 is 0. The third kappa shape index (κ3) is 1.97. The maximum absolute atomic E-state index is 6.19. The lowest BCUT2D eigenvalue weighted by molar-refractivity contribution is 1.14. The fourth-order valence-corrected chi connectivity index (χ4v) is 2.28. The Bertz CT molecular complexity index is 724. The van der Waals surface area contributed by atoms with E-state index in [1.165, 1.54) is 11.1 Å². The minimum absolute atomic E-state index is 0.694. The van der Waals surface area contributed by atoms with Crippen molar-refractivity contribution < 1.29 is 0 Å². The lowest BCUT2D eigenvalue weighted by atomic mass is 10.1. The molecule has 0 fully saturated rings. The van der Waals surface area contributed by atoms with Gasteiger partial charge in [-0.15, -0.1) is 0 Å². The molecule has 0 saturated heterocycles. The monoisotopic (exact) mass is 251 g/mol. The first-order valence-corrected chi connectivity index (χ1v) is 6.52. The quantitative estimate of drug-likeness (QED) is 0.758. The number of hydrogen-bond acceptors (Lipinski definition) is 2. The predicted molar refractivity (Wildman–Crippen MR) is 79.2 cm³/mol. The third-order valence-electron chi connectivity index (χ3n) is 3.45. The highest BCUT2D eigenvalue weighted by Gasteiger charge is 2.10.